The molecule has 50 heavy (non-hydrogen) atoms. The summed E-state index contributed by atoms with van der Waals surface area (Å²) in [5.74, 6) is -5.09. The van der Waals surface area contributed by atoms with Gasteiger partial charge in [0.2, 0.25) is 0 Å². The summed E-state index contributed by atoms with van der Waals surface area (Å²) in [5, 5.41) is 23.8. The molecule has 3 rings (SSSR count). The van der Waals surface area contributed by atoms with Crippen LogP contribution in [-0.2, 0) is 11.2 Å². The number of aliphatic hydroxyl groups is 2. The second-order valence-electron chi connectivity index (χ2n) is 10.5. The summed E-state index contributed by atoms with van der Waals surface area (Å²) >= 11 is 0. The summed E-state index contributed by atoms with van der Waals surface area (Å²) in [4.78, 5) is 36.8. The van der Waals surface area contributed by atoms with E-state index in [-0.39, 0.29) is 23.3 Å². The average molecular weight is 734 g/mol. The van der Waals surface area contributed by atoms with E-state index in [1.54, 1.807) is 5.32 Å². The minimum absolute atomic E-state index is 0.0312. The van der Waals surface area contributed by atoms with E-state index in [1.165, 1.54) is 0 Å². The number of ketones is 2. The van der Waals surface area contributed by atoms with E-state index in [2.05, 4.69) is 0 Å². The summed E-state index contributed by atoms with van der Waals surface area (Å²) in [6, 6.07) is 4.63. The zero-order valence-corrected chi connectivity index (χ0v) is 25.3. The van der Waals surface area contributed by atoms with Gasteiger partial charge in [0.1, 0.15) is 11.5 Å². The minimum Gasteiger partial charge on any atom is -0.457 e. The molecule has 3 aromatic rings. The van der Waals surface area contributed by atoms with Crippen LogP contribution in [0.2, 0.25) is 0 Å². The predicted octanol–water partition coefficient (Wildman–Crippen LogP) is 7.80. The van der Waals surface area contributed by atoms with Crippen molar-refractivity contribution >= 4 is 28.8 Å². The van der Waals surface area contributed by atoms with Gasteiger partial charge in [-0.25, -0.2) is 0 Å². The number of rotatable bonds is 9. The van der Waals surface area contributed by atoms with Gasteiger partial charge in [0.15, 0.2) is 11.6 Å². The third kappa shape index (κ3) is 7.21. The third-order valence-corrected chi connectivity index (χ3v) is 7.16. The van der Waals surface area contributed by atoms with Crippen LogP contribution in [-0.4, -0.2) is 59.4 Å². The molecule has 3 aromatic carbocycles. The Morgan fingerprint density at radius 1 is 0.560 bits per heavy atom. The zero-order valence-electron chi connectivity index (χ0n) is 25.3. The van der Waals surface area contributed by atoms with E-state index in [0.717, 1.165) is 39.1 Å². The van der Waals surface area contributed by atoms with Gasteiger partial charge < -0.3 is 25.6 Å². The van der Waals surface area contributed by atoms with Gasteiger partial charge in [-0.05, 0) is 68.4 Å². The maximum absolute atomic E-state index is 14.0. The maximum atomic E-state index is 14.0. The SMILES string of the molecule is CNc1ccc(Oc2ccc(NC(=O)c3cc(C(C)=O)cc(C(C)=O)c3)c(C(O)(C(F)(F)F)C(F)(F)F)c2)cc1C(O)(C(F)(F)F)C(F)(F)F. The fraction of sp³-hybridized carbons (Fsp3) is 0.300. The monoisotopic (exact) mass is 734 g/mol. The topological polar surface area (TPSA) is 125 Å². The number of Topliss-reactive ketones (excluding diaryl/α,β-unsaturated/α-hetero) is 2. The number of alkyl halides is 12. The lowest BCUT2D eigenvalue weighted by molar-refractivity contribution is -0.376. The van der Waals surface area contributed by atoms with E-state index in [9.17, 15) is 77.3 Å². The normalized spacial score (nSPS) is 13.1. The van der Waals surface area contributed by atoms with Crippen LogP contribution in [0.1, 0.15) is 56.0 Å². The van der Waals surface area contributed by atoms with Crippen molar-refractivity contribution in [2.24, 2.45) is 0 Å². The minimum atomic E-state index is -6.59. The van der Waals surface area contributed by atoms with Crippen LogP contribution in [0.25, 0.3) is 0 Å². The van der Waals surface area contributed by atoms with Gasteiger partial charge in [-0.15, -0.1) is 0 Å². The molecule has 0 heterocycles. The van der Waals surface area contributed by atoms with E-state index < -0.39 is 92.9 Å². The molecular weight excluding hydrogens is 712 g/mol. The van der Waals surface area contributed by atoms with Crippen LogP contribution >= 0.6 is 0 Å². The summed E-state index contributed by atoms with van der Waals surface area (Å²) in [5.41, 5.74) is -18.9. The molecule has 0 saturated heterocycles. The van der Waals surface area contributed by atoms with Gasteiger partial charge in [0.05, 0.1) is 0 Å². The second kappa shape index (κ2) is 13.1. The van der Waals surface area contributed by atoms with Crippen molar-refractivity contribution in [3.63, 3.8) is 0 Å². The molecule has 0 unspecified atom stereocenters. The second-order valence-corrected chi connectivity index (χ2v) is 10.5. The first-order valence-corrected chi connectivity index (χ1v) is 13.4. The number of anilines is 2. The van der Waals surface area contributed by atoms with Crippen molar-refractivity contribution in [1.82, 2.24) is 0 Å². The number of halogens is 12. The maximum Gasteiger partial charge on any atom is 0.430 e. The molecule has 0 aliphatic heterocycles. The largest absolute Gasteiger partial charge is 0.457 e. The summed E-state index contributed by atoms with van der Waals surface area (Å²) < 4.78 is 171. The van der Waals surface area contributed by atoms with Crippen molar-refractivity contribution in [3.8, 4) is 11.5 Å². The predicted molar refractivity (Wildman–Crippen MR) is 149 cm³/mol. The van der Waals surface area contributed by atoms with Gasteiger partial charge in [0.25, 0.3) is 17.1 Å². The highest BCUT2D eigenvalue weighted by atomic mass is 19.4. The molecule has 0 aromatic heterocycles. The Balaban J connectivity index is 2.25. The highest BCUT2D eigenvalue weighted by Crippen LogP contribution is 2.54. The van der Waals surface area contributed by atoms with Gasteiger partial charge in [0, 0.05) is 46.2 Å². The standard InChI is InChI=1S/C30H22F12N2O6/c1-13(45)15-8-16(14(2)46)10-17(9-15)24(47)44-23-7-5-19(12-21(23)26(49,29(37,38)39)30(40,41)42)50-18-4-6-22(43-3)20(11-18)25(48,27(31,32)33)28(34,35)36/h4-12,43,48-49H,1-3H3,(H,44,47). The molecule has 0 aliphatic rings. The molecule has 0 spiro atoms. The molecule has 0 saturated carbocycles. The summed E-state index contributed by atoms with van der Waals surface area (Å²) in [6.07, 6.45) is -26.0. The quantitative estimate of drug-likeness (QED) is 0.131. The Bertz CT molecular complexity index is 1750. The lowest BCUT2D eigenvalue weighted by Crippen LogP contribution is -2.54. The Morgan fingerprint density at radius 3 is 1.24 bits per heavy atom. The number of benzene rings is 3. The number of carbonyl (C=O) groups excluding carboxylic acids is 3. The molecule has 0 radical (unpaired) electrons. The fourth-order valence-electron chi connectivity index (χ4n) is 4.53. The van der Waals surface area contributed by atoms with Gasteiger partial charge >= 0.3 is 24.7 Å². The molecule has 1 amide bonds. The van der Waals surface area contributed by atoms with Crippen molar-refractivity contribution < 1.29 is 82.0 Å². The van der Waals surface area contributed by atoms with Crippen molar-refractivity contribution in [3.05, 3.63) is 82.4 Å². The van der Waals surface area contributed by atoms with E-state index in [1.807, 2.05) is 5.32 Å². The number of amides is 1. The van der Waals surface area contributed by atoms with Gasteiger partial charge in [-0.1, -0.05) is 0 Å². The lowest BCUT2D eigenvalue weighted by Gasteiger charge is -2.34. The van der Waals surface area contributed by atoms with Gasteiger partial charge in [-0.2, -0.15) is 52.7 Å². The molecule has 0 bridgehead atoms. The molecule has 0 atom stereocenters. The first kappa shape index (κ1) is 39.6. The van der Waals surface area contributed by atoms with Crippen molar-refractivity contribution in [2.75, 3.05) is 17.7 Å². The van der Waals surface area contributed by atoms with Gasteiger partial charge in [-0.3, -0.25) is 14.4 Å². The van der Waals surface area contributed by atoms with E-state index in [0.29, 0.717) is 24.3 Å². The molecule has 20 heteroatoms. The Labute approximate surface area is 272 Å². The van der Waals surface area contributed by atoms with E-state index >= 15 is 0 Å². The molecular formula is C30H22F12N2O6. The van der Waals surface area contributed by atoms with Crippen LogP contribution in [0.15, 0.2) is 54.6 Å². The smallest absolute Gasteiger partial charge is 0.430 e. The molecule has 8 nitrogen and oxygen atoms in total. The van der Waals surface area contributed by atoms with Crippen LogP contribution in [0.4, 0.5) is 64.1 Å². The third-order valence-electron chi connectivity index (χ3n) is 7.16. The van der Waals surface area contributed by atoms with Crippen LogP contribution < -0.4 is 15.4 Å². The highest BCUT2D eigenvalue weighted by Gasteiger charge is 2.73. The Morgan fingerprint density at radius 2 is 0.900 bits per heavy atom. The lowest BCUT2D eigenvalue weighted by atomic mass is 9.90. The number of nitrogens with one attached hydrogen (secondary N) is 2. The molecule has 272 valence electrons. The van der Waals surface area contributed by atoms with Crippen LogP contribution in [0.3, 0.4) is 0 Å². The summed E-state index contributed by atoms with van der Waals surface area (Å²) in [7, 11) is 0.873. The molecule has 0 fully saturated rings. The number of hydrogen-bond acceptors (Lipinski definition) is 7. The molecule has 0 aliphatic carbocycles. The molecule has 4 N–H and O–H groups in total. The first-order chi connectivity index (χ1) is 22.6. The number of ether oxygens (including phenoxy) is 1. The van der Waals surface area contributed by atoms with Crippen molar-refractivity contribution in [2.45, 2.75) is 49.8 Å². The van der Waals surface area contributed by atoms with Crippen LogP contribution in [0, 0.1) is 0 Å². The van der Waals surface area contributed by atoms with E-state index in [4.69, 9.17) is 4.74 Å². The Hall–Kier alpha value is -4.85. The number of carbonyl (C=O) groups is 3. The summed E-state index contributed by atoms with van der Waals surface area (Å²) in [6.45, 7) is 2.04. The zero-order chi connectivity index (χ0) is 38.4. The Kier molecular flexibility index (Phi) is 10.4. The first-order valence-electron chi connectivity index (χ1n) is 13.4. The van der Waals surface area contributed by atoms with Crippen molar-refractivity contribution in [1.29, 1.82) is 0 Å². The average Bonchev–Trinajstić information content (AvgIpc) is 2.98. The fourth-order valence-corrected chi connectivity index (χ4v) is 4.53. The van der Waals surface area contributed by atoms with Crippen LogP contribution in [0.5, 0.6) is 11.5 Å². The number of hydrogen-bond donors (Lipinski definition) is 4. The highest BCUT2D eigenvalue weighted by molar-refractivity contribution is 6.09.